The smallest absolute Gasteiger partial charge is 0.379 e. The average molecular weight is 226 g/mol. The van der Waals surface area contributed by atoms with E-state index in [0.717, 1.165) is 0 Å². The molecule has 0 aromatic carbocycles. The Balaban J connectivity index is 2.46. The van der Waals surface area contributed by atoms with Crippen LogP contribution in [0.1, 0.15) is 13.3 Å². The lowest BCUT2D eigenvalue weighted by atomic mass is 9.99. The molecule has 1 aliphatic heterocycles. The van der Waals surface area contributed by atoms with Crippen molar-refractivity contribution >= 4 is 0 Å². The fourth-order valence-corrected chi connectivity index (χ4v) is 1.73. The molecule has 1 rings (SSSR count). The van der Waals surface area contributed by atoms with Gasteiger partial charge in [0.1, 0.15) is 0 Å². The molecule has 0 aliphatic carbocycles. The first-order chi connectivity index (χ1) is 6.85. The molecule has 6 heteroatoms. The number of nitrogens with two attached hydrogens (primary N) is 1. The minimum atomic E-state index is -4.16. The second-order valence-electron chi connectivity index (χ2n) is 4.08. The number of likely N-dealkylation sites (N-methyl/N-ethyl adjacent to an activating group) is 1. The summed E-state index contributed by atoms with van der Waals surface area (Å²) in [5.41, 5.74) is 5.31. The quantitative estimate of drug-likeness (QED) is 0.777. The topological polar surface area (TPSA) is 38.5 Å². The Morgan fingerprint density at radius 2 is 2.13 bits per heavy atom. The minimum absolute atomic E-state index is 0.239. The van der Waals surface area contributed by atoms with Gasteiger partial charge in [-0.15, -0.1) is 0 Å². The highest BCUT2D eigenvalue weighted by molar-refractivity contribution is 4.91. The standard InChI is InChI=1S/C9H17F3N2O/c1-2-14(6-9(10,11)12)5-8(13)3-4-15-7-8/h2-7,13H2,1H3. The zero-order valence-corrected chi connectivity index (χ0v) is 8.81. The monoisotopic (exact) mass is 226 g/mol. The predicted octanol–water partition coefficient (Wildman–Crippen LogP) is 0.988. The van der Waals surface area contributed by atoms with Crippen molar-refractivity contribution in [1.29, 1.82) is 0 Å². The van der Waals surface area contributed by atoms with E-state index in [2.05, 4.69) is 0 Å². The SMILES string of the molecule is CCN(CC(F)(F)F)CC1(N)CCOC1. The van der Waals surface area contributed by atoms with Crippen molar-refractivity contribution in [2.75, 3.05) is 32.8 Å². The number of hydrogen-bond donors (Lipinski definition) is 1. The first-order valence-corrected chi connectivity index (χ1v) is 5.00. The van der Waals surface area contributed by atoms with Crippen molar-refractivity contribution in [3.63, 3.8) is 0 Å². The van der Waals surface area contributed by atoms with Gasteiger partial charge in [0.2, 0.25) is 0 Å². The largest absolute Gasteiger partial charge is 0.401 e. The third-order valence-electron chi connectivity index (χ3n) is 2.52. The van der Waals surface area contributed by atoms with Crippen molar-refractivity contribution in [3.05, 3.63) is 0 Å². The molecule has 0 aromatic rings. The lowest BCUT2D eigenvalue weighted by Crippen LogP contribution is -2.52. The fraction of sp³-hybridized carbons (Fsp3) is 1.00. The fourth-order valence-electron chi connectivity index (χ4n) is 1.73. The van der Waals surface area contributed by atoms with Crippen molar-refractivity contribution in [3.8, 4) is 0 Å². The molecule has 0 radical (unpaired) electrons. The summed E-state index contributed by atoms with van der Waals surface area (Å²) in [5.74, 6) is 0. The van der Waals surface area contributed by atoms with Crippen LogP contribution in [0.5, 0.6) is 0 Å². The summed E-state index contributed by atoms with van der Waals surface area (Å²) in [6, 6.07) is 0. The molecule has 0 aromatic heterocycles. The third-order valence-corrected chi connectivity index (χ3v) is 2.52. The Bertz CT molecular complexity index is 202. The number of hydrogen-bond acceptors (Lipinski definition) is 3. The van der Waals surface area contributed by atoms with Crippen LogP contribution in [0.25, 0.3) is 0 Å². The molecular weight excluding hydrogens is 209 g/mol. The van der Waals surface area contributed by atoms with Crippen LogP contribution in [0.2, 0.25) is 0 Å². The van der Waals surface area contributed by atoms with Gasteiger partial charge in [0, 0.05) is 13.2 Å². The zero-order valence-electron chi connectivity index (χ0n) is 8.81. The van der Waals surface area contributed by atoms with Gasteiger partial charge in [0.15, 0.2) is 0 Å². The van der Waals surface area contributed by atoms with Gasteiger partial charge in [-0.05, 0) is 13.0 Å². The van der Waals surface area contributed by atoms with Crippen molar-refractivity contribution < 1.29 is 17.9 Å². The highest BCUT2D eigenvalue weighted by atomic mass is 19.4. The van der Waals surface area contributed by atoms with Gasteiger partial charge in [0.25, 0.3) is 0 Å². The van der Waals surface area contributed by atoms with Gasteiger partial charge in [0.05, 0.1) is 18.7 Å². The summed E-state index contributed by atoms with van der Waals surface area (Å²) in [6.07, 6.45) is -3.53. The summed E-state index contributed by atoms with van der Waals surface area (Å²) in [7, 11) is 0. The van der Waals surface area contributed by atoms with E-state index in [1.807, 2.05) is 0 Å². The molecule has 0 saturated carbocycles. The lowest BCUT2D eigenvalue weighted by molar-refractivity contribution is -0.147. The highest BCUT2D eigenvalue weighted by Crippen LogP contribution is 2.21. The van der Waals surface area contributed by atoms with Crippen LogP contribution in [0.15, 0.2) is 0 Å². The van der Waals surface area contributed by atoms with Crippen LogP contribution in [-0.2, 0) is 4.74 Å². The number of rotatable bonds is 4. The van der Waals surface area contributed by atoms with E-state index in [-0.39, 0.29) is 6.54 Å². The number of nitrogens with zero attached hydrogens (tertiary/aromatic N) is 1. The molecule has 15 heavy (non-hydrogen) atoms. The Morgan fingerprint density at radius 3 is 2.53 bits per heavy atom. The number of alkyl halides is 3. The summed E-state index contributed by atoms with van der Waals surface area (Å²) in [4.78, 5) is 1.31. The molecular formula is C9H17F3N2O. The third kappa shape index (κ3) is 4.36. The van der Waals surface area contributed by atoms with Crippen LogP contribution in [0, 0.1) is 0 Å². The van der Waals surface area contributed by atoms with Gasteiger partial charge in [-0.3, -0.25) is 4.90 Å². The molecule has 90 valence electrons. The van der Waals surface area contributed by atoms with E-state index in [9.17, 15) is 13.2 Å². The van der Waals surface area contributed by atoms with Gasteiger partial charge >= 0.3 is 6.18 Å². The minimum Gasteiger partial charge on any atom is -0.379 e. The summed E-state index contributed by atoms with van der Waals surface area (Å²) < 4.78 is 41.6. The normalized spacial score (nSPS) is 27.6. The molecule has 0 bridgehead atoms. The van der Waals surface area contributed by atoms with E-state index in [4.69, 9.17) is 10.5 Å². The molecule has 0 amide bonds. The van der Waals surface area contributed by atoms with Crippen molar-refractivity contribution in [1.82, 2.24) is 4.90 Å². The van der Waals surface area contributed by atoms with E-state index >= 15 is 0 Å². The van der Waals surface area contributed by atoms with Crippen LogP contribution in [0.3, 0.4) is 0 Å². The second kappa shape index (κ2) is 4.67. The molecule has 1 aliphatic rings. The van der Waals surface area contributed by atoms with Crippen LogP contribution < -0.4 is 5.73 Å². The van der Waals surface area contributed by atoms with E-state index < -0.39 is 18.3 Å². The molecule has 1 saturated heterocycles. The molecule has 3 nitrogen and oxygen atoms in total. The Morgan fingerprint density at radius 1 is 1.47 bits per heavy atom. The van der Waals surface area contributed by atoms with E-state index in [0.29, 0.717) is 26.2 Å². The second-order valence-corrected chi connectivity index (χ2v) is 4.08. The van der Waals surface area contributed by atoms with E-state index in [1.54, 1.807) is 6.92 Å². The highest BCUT2D eigenvalue weighted by Gasteiger charge is 2.36. The maximum atomic E-state index is 12.2. The first-order valence-electron chi connectivity index (χ1n) is 5.00. The summed E-state index contributed by atoms with van der Waals surface area (Å²) in [6.45, 7) is 2.27. The summed E-state index contributed by atoms with van der Waals surface area (Å²) in [5, 5.41) is 0. The van der Waals surface area contributed by atoms with Crippen LogP contribution >= 0.6 is 0 Å². The summed E-state index contributed by atoms with van der Waals surface area (Å²) >= 11 is 0. The predicted molar refractivity (Wildman–Crippen MR) is 50.5 cm³/mol. The average Bonchev–Trinajstić information content (AvgIpc) is 2.48. The zero-order chi connectivity index (χ0) is 11.5. The Labute approximate surface area is 87.4 Å². The maximum Gasteiger partial charge on any atom is 0.401 e. The van der Waals surface area contributed by atoms with Gasteiger partial charge in [-0.2, -0.15) is 13.2 Å². The number of ether oxygens (including phenoxy) is 1. The van der Waals surface area contributed by atoms with Crippen molar-refractivity contribution in [2.45, 2.75) is 25.1 Å². The lowest BCUT2D eigenvalue weighted by Gasteiger charge is -2.30. The Kier molecular flexibility index (Phi) is 3.97. The molecule has 1 fully saturated rings. The van der Waals surface area contributed by atoms with Gasteiger partial charge in [-0.25, -0.2) is 0 Å². The van der Waals surface area contributed by atoms with Crippen LogP contribution in [-0.4, -0.2) is 49.5 Å². The van der Waals surface area contributed by atoms with Crippen LogP contribution in [0.4, 0.5) is 13.2 Å². The Hall–Kier alpha value is -0.330. The molecule has 0 spiro atoms. The van der Waals surface area contributed by atoms with E-state index in [1.165, 1.54) is 4.90 Å². The maximum absolute atomic E-state index is 12.2. The molecule has 1 unspecified atom stereocenters. The van der Waals surface area contributed by atoms with Gasteiger partial charge < -0.3 is 10.5 Å². The molecule has 1 atom stereocenters. The number of halogens is 3. The molecule has 2 N–H and O–H groups in total. The molecule has 1 heterocycles. The van der Waals surface area contributed by atoms with Crippen molar-refractivity contribution in [2.24, 2.45) is 5.73 Å². The van der Waals surface area contributed by atoms with Gasteiger partial charge in [-0.1, -0.05) is 6.92 Å². The first kappa shape index (κ1) is 12.7.